The third kappa shape index (κ3) is 2.80. The molecule has 0 radical (unpaired) electrons. The van der Waals surface area contributed by atoms with Gasteiger partial charge in [0.25, 0.3) is 0 Å². The lowest BCUT2D eigenvalue weighted by atomic mass is 9.86. The number of aliphatic hydroxyl groups excluding tert-OH is 1. The molecule has 1 rings (SSSR count). The number of rotatable bonds is 2. The Balaban J connectivity index is 2.50. The Labute approximate surface area is 97.7 Å². The van der Waals surface area contributed by atoms with E-state index in [2.05, 4.69) is 22.6 Å². The van der Waals surface area contributed by atoms with Crippen molar-refractivity contribution in [2.24, 2.45) is 5.92 Å². The minimum absolute atomic E-state index is 0.0325. The van der Waals surface area contributed by atoms with E-state index in [1.54, 1.807) is 7.05 Å². The number of hydrogen-bond acceptors (Lipinski definition) is 3. The van der Waals surface area contributed by atoms with Crippen molar-refractivity contribution in [3.05, 3.63) is 0 Å². The molecule has 1 aliphatic rings. The molecule has 1 saturated carbocycles. The fourth-order valence-corrected chi connectivity index (χ4v) is 2.33. The third-order valence-electron chi connectivity index (χ3n) is 2.67. The molecule has 0 heterocycles. The summed E-state index contributed by atoms with van der Waals surface area (Å²) in [5.41, 5.74) is 0. The second-order valence-corrected chi connectivity index (χ2v) is 5.21. The van der Waals surface area contributed by atoms with Gasteiger partial charge in [0, 0.05) is 16.9 Å². The van der Waals surface area contributed by atoms with Crippen molar-refractivity contribution < 1.29 is 14.7 Å². The number of alkyl halides is 1. The highest BCUT2D eigenvalue weighted by molar-refractivity contribution is 14.1. The van der Waals surface area contributed by atoms with Crippen molar-refractivity contribution in [2.45, 2.75) is 29.3 Å². The zero-order valence-corrected chi connectivity index (χ0v) is 10.6. The minimum Gasteiger partial charge on any atom is -0.392 e. The molecule has 82 valence electrons. The van der Waals surface area contributed by atoms with E-state index < -0.39 is 0 Å². The van der Waals surface area contributed by atoms with Crippen LogP contribution in [0.2, 0.25) is 0 Å². The maximum atomic E-state index is 11.7. The van der Waals surface area contributed by atoms with Crippen LogP contribution in [0.4, 0.5) is 0 Å². The fraction of sp³-hybridized carbons (Fsp3) is 0.889. The molecular formula is C9H16INO3. The van der Waals surface area contributed by atoms with Crippen molar-refractivity contribution in [3.63, 3.8) is 0 Å². The van der Waals surface area contributed by atoms with Gasteiger partial charge < -0.3 is 5.11 Å². The molecule has 0 bridgehead atoms. The van der Waals surface area contributed by atoms with Crippen LogP contribution in [0.5, 0.6) is 0 Å². The SMILES string of the molecule is CON(C)C(=O)[C@H]1CC[C@H](I)[C@@H](O)C1. The first kappa shape index (κ1) is 12.2. The fourth-order valence-electron chi connectivity index (χ4n) is 1.68. The van der Waals surface area contributed by atoms with Crippen LogP contribution < -0.4 is 0 Å². The zero-order valence-electron chi connectivity index (χ0n) is 8.44. The smallest absolute Gasteiger partial charge is 0.249 e. The van der Waals surface area contributed by atoms with Gasteiger partial charge in [-0.25, -0.2) is 5.06 Å². The lowest BCUT2D eigenvalue weighted by molar-refractivity contribution is -0.175. The molecular weight excluding hydrogens is 297 g/mol. The summed E-state index contributed by atoms with van der Waals surface area (Å²) in [6, 6.07) is 0. The number of halogens is 1. The number of nitrogens with zero attached hydrogens (tertiary/aromatic N) is 1. The first-order valence-electron chi connectivity index (χ1n) is 4.70. The summed E-state index contributed by atoms with van der Waals surface area (Å²) in [4.78, 5) is 16.5. The third-order valence-corrected chi connectivity index (χ3v) is 4.12. The first-order valence-corrected chi connectivity index (χ1v) is 5.94. The highest BCUT2D eigenvalue weighted by atomic mass is 127. The van der Waals surface area contributed by atoms with Crippen LogP contribution in [0.15, 0.2) is 0 Å². The lowest BCUT2D eigenvalue weighted by Crippen LogP contribution is -2.39. The molecule has 3 atom stereocenters. The maximum absolute atomic E-state index is 11.7. The van der Waals surface area contributed by atoms with Crippen molar-refractivity contribution in [1.29, 1.82) is 0 Å². The van der Waals surface area contributed by atoms with E-state index in [-0.39, 0.29) is 21.9 Å². The number of carbonyl (C=O) groups excluding carboxylic acids is 1. The monoisotopic (exact) mass is 313 g/mol. The summed E-state index contributed by atoms with van der Waals surface area (Å²) >= 11 is 2.24. The van der Waals surface area contributed by atoms with E-state index in [0.29, 0.717) is 6.42 Å². The van der Waals surface area contributed by atoms with Crippen LogP contribution >= 0.6 is 22.6 Å². The van der Waals surface area contributed by atoms with Crippen molar-refractivity contribution in [2.75, 3.05) is 14.2 Å². The van der Waals surface area contributed by atoms with Gasteiger partial charge in [-0.2, -0.15) is 0 Å². The molecule has 1 amide bonds. The Kier molecular flexibility index (Phi) is 4.59. The summed E-state index contributed by atoms with van der Waals surface area (Å²) in [7, 11) is 3.07. The summed E-state index contributed by atoms with van der Waals surface area (Å²) < 4.78 is 0.282. The first-order chi connectivity index (χ1) is 6.56. The van der Waals surface area contributed by atoms with Crippen molar-refractivity contribution in [1.82, 2.24) is 5.06 Å². The Hall–Kier alpha value is 0.120. The molecule has 0 spiro atoms. The number of hydroxylamine groups is 2. The van der Waals surface area contributed by atoms with E-state index >= 15 is 0 Å². The van der Waals surface area contributed by atoms with Gasteiger partial charge in [0.15, 0.2) is 0 Å². The number of carbonyl (C=O) groups is 1. The molecule has 1 aliphatic carbocycles. The van der Waals surface area contributed by atoms with Crippen LogP contribution in [0.1, 0.15) is 19.3 Å². The molecule has 0 aromatic heterocycles. The van der Waals surface area contributed by atoms with Gasteiger partial charge in [0.1, 0.15) is 0 Å². The van der Waals surface area contributed by atoms with Gasteiger partial charge >= 0.3 is 0 Å². The molecule has 0 aromatic rings. The average molecular weight is 313 g/mol. The predicted molar refractivity (Wildman–Crippen MR) is 60.9 cm³/mol. The second-order valence-electron chi connectivity index (χ2n) is 3.61. The summed E-state index contributed by atoms with van der Waals surface area (Å²) in [5, 5.41) is 10.9. The Morgan fingerprint density at radius 3 is 2.71 bits per heavy atom. The highest BCUT2D eigenvalue weighted by Crippen LogP contribution is 2.30. The molecule has 0 unspecified atom stereocenters. The Bertz CT molecular complexity index is 212. The predicted octanol–water partition coefficient (Wildman–Crippen LogP) is 0.971. The van der Waals surface area contributed by atoms with Crippen LogP contribution in [-0.2, 0) is 9.63 Å². The standard InChI is InChI=1S/C9H16INO3/c1-11(14-2)9(13)6-3-4-7(10)8(12)5-6/h6-8,12H,3-5H2,1-2H3/t6-,7-,8-/m0/s1. The molecule has 0 aromatic carbocycles. The van der Waals surface area contributed by atoms with Gasteiger partial charge in [-0.15, -0.1) is 0 Å². The zero-order chi connectivity index (χ0) is 10.7. The molecule has 1 N–H and O–H groups in total. The summed E-state index contributed by atoms with van der Waals surface area (Å²) in [6.07, 6.45) is 1.94. The second kappa shape index (κ2) is 5.27. The highest BCUT2D eigenvalue weighted by Gasteiger charge is 2.32. The maximum Gasteiger partial charge on any atom is 0.249 e. The number of hydrogen-bond donors (Lipinski definition) is 1. The van der Waals surface area contributed by atoms with Crippen LogP contribution in [0.3, 0.4) is 0 Å². The van der Waals surface area contributed by atoms with Crippen molar-refractivity contribution >= 4 is 28.5 Å². The van der Waals surface area contributed by atoms with Gasteiger partial charge in [-0.05, 0) is 19.3 Å². The largest absolute Gasteiger partial charge is 0.392 e. The van der Waals surface area contributed by atoms with E-state index in [1.165, 1.54) is 12.2 Å². The number of amides is 1. The normalized spacial score (nSPS) is 32.7. The molecule has 5 heteroatoms. The number of aliphatic hydroxyl groups is 1. The summed E-state index contributed by atoms with van der Waals surface area (Å²) in [5.74, 6) is -0.115. The topological polar surface area (TPSA) is 49.8 Å². The van der Waals surface area contributed by atoms with E-state index in [4.69, 9.17) is 4.84 Å². The van der Waals surface area contributed by atoms with Crippen molar-refractivity contribution in [3.8, 4) is 0 Å². The van der Waals surface area contributed by atoms with Gasteiger partial charge in [-0.3, -0.25) is 9.63 Å². The van der Waals surface area contributed by atoms with Crippen LogP contribution in [0.25, 0.3) is 0 Å². The Morgan fingerprint density at radius 2 is 2.21 bits per heavy atom. The van der Waals surface area contributed by atoms with Gasteiger partial charge in [0.05, 0.1) is 13.2 Å². The van der Waals surface area contributed by atoms with Gasteiger partial charge in [0.2, 0.25) is 5.91 Å². The quantitative estimate of drug-likeness (QED) is 0.469. The minimum atomic E-state index is -0.358. The van der Waals surface area contributed by atoms with Crippen LogP contribution in [0, 0.1) is 5.92 Å². The summed E-state index contributed by atoms with van der Waals surface area (Å²) in [6.45, 7) is 0. The van der Waals surface area contributed by atoms with Crippen LogP contribution in [-0.4, -0.2) is 40.3 Å². The average Bonchev–Trinajstić information content (AvgIpc) is 2.20. The molecule has 0 saturated heterocycles. The van der Waals surface area contributed by atoms with E-state index in [0.717, 1.165) is 12.8 Å². The molecule has 4 nitrogen and oxygen atoms in total. The Morgan fingerprint density at radius 1 is 1.57 bits per heavy atom. The van der Waals surface area contributed by atoms with Gasteiger partial charge in [-0.1, -0.05) is 22.6 Å². The molecule has 0 aliphatic heterocycles. The molecule has 14 heavy (non-hydrogen) atoms. The molecule has 1 fully saturated rings. The van der Waals surface area contributed by atoms with E-state index in [9.17, 15) is 9.90 Å². The van der Waals surface area contributed by atoms with E-state index in [1.807, 2.05) is 0 Å². The lowest BCUT2D eigenvalue weighted by Gasteiger charge is -2.30.